The molecule has 0 N–H and O–H groups in total. The zero-order chi connectivity index (χ0) is 11.5. The summed E-state index contributed by atoms with van der Waals surface area (Å²) in [7, 11) is 0. The lowest BCUT2D eigenvalue weighted by Crippen LogP contribution is -2.36. The van der Waals surface area contributed by atoms with E-state index in [4.69, 9.17) is 23.2 Å². The minimum absolute atomic E-state index is 0.670. The van der Waals surface area contributed by atoms with E-state index in [1.54, 1.807) is 6.07 Å². The maximum absolute atomic E-state index is 6.13. The molecule has 3 heteroatoms. The summed E-state index contributed by atoms with van der Waals surface area (Å²) >= 11 is 12.0. The van der Waals surface area contributed by atoms with Crippen LogP contribution in [0.25, 0.3) is 0 Å². The van der Waals surface area contributed by atoms with Crippen molar-refractivity contribution in [1.82, 2.24) is 0 Å². The van der Waals surface area contributed by atoms with E-state index in [0.29, 0.717) is 10.0 Å². The van der Waals surface area contributed by atoms with Gasteiger partial charge in [0.15, 0.2) is 18.4 Å². The third-order valence-corrected chi connectivity index (χ3v) is 3.11. The lowest BCUT2D eigenvalue weighted by molar-refractivity contribution is -0.694. The first-order valence-corrected chi connectivity index (χ1v) is 5.81. The van der Waals surface area contributed by atoms with Gasteiger partial charge in [-0.05, 0) is 18.2 Å². The van der Waals surface area contributed by atoms with E-state index in [-0.39, 0.29) is 0 Å². The number of aryl methyl sites for hydroxylation is 1. The van der Waals surface area contributed by atoms with Crippen LogP contribution in [0.2, 0.25) is 10.0 Å². The molecule has 1 aromatic heterocycles. The number of pyridine rings is 1. The molecule has 0 aliphatic rings. The third kappa shape index (κ3) is 2.55. The van der Waals surface area contributed by atoms with Gasteiger partial charge in [-0.3, -0.25) is 0 Å². The first kappa shape index (κ1) is 11.4. The Labute approximate surface area is 105 Å². The fourth-order valence-corrected chi connectivity index (χ4v) is 2.04. The highest BCUT2D eigenvalue weighted by molar-refractivity contribution is 6.35. The van der Waals surface area contributed by atoms with Gasteiger partial charge in [-0.15, -0.1) is 0 Å². The number of hydrogen-bond donors (Lipinski definition) is 0. The molecule has 0 fully saturated rings. The van der Waals surface area contributed by atoms with Gasteiger partial charge in [0.25, 0.3) is 0 Å². The van der Waals surface area contributed by atoms with Gasteiger partial charge in [-0.1, -0.05) is 29.3 Å². The molecule has 16 heavy (non-hydrogen) atoms. The highest BCUT2D eigenvalue weighted by Gasteiger charge is 2.09. The summed E-state index contributed by atoms with van der Waals surface area (Å²) < 4.78 is 2.15. The summed E-state index contributed by atoms with van der Waals surface area (Å²) in [6, 6.07) is 11.7. The van der Waals surface area contributed by atoms with Crippen molar-refractivity contribution in [3.05, 3.63) is 63.9 Å². The van der Waals surface area contributed by atoms with Crippen molar-refractivity contribution in [2.45, 2.75) is 13.5 Å². The van der Waals surface area contributed by atoms with Gasteiger partial charge in [0.2, 0.25) is 0 Å². The average Bonchev–Trinajstić information content (AvgIpc) is 2.25. The summed E-state index contributed by atoms with van der Waals surface area (Å²) in [5.41, 5.74) is 2.28. The second-order valence-electron chi connectivity index (χ2n) is 3.71. The Morgan fingerprint density at radius 2 is 1.94 bits per heavy atom. The SMILES string of the molecule is Cc1cccc[n+]1Cc1ccc(Cl)cc1Cl. The van der Waals surface area contributed by atoms with Crippen molar-refractivity contribution < 1.29 is 4.57 Å². The van der Waals surface area contributed by atoms with Crippen molar-refractivity contribution in [3.8, 4) is 0 Å². The quantitative estimate of drug-likeness (QED) is 0.719. The van der Waals surface area contributed by atoms with Crippen LogP contribution < -0.4 is 4.57 Å². The maximum atomic E-state index is 6.13. The Kier molecular flexibility index (Phi) is 3.47. The van der Waals surface area contributed by atoms with Crippen molar-refractivity contribution in [2.75, 3.05) is 0 Å². The third-order valence-electron chi connectivity index (χ3n) is 2.52. The van der Waals surface area contributed by atoms with E-state index in [1.165, 1.54) is 5.69 Å². The van der Waals surface area contributed by atoms with Gasteiger partial charge in [-0.2, -0.15) is 4.57 Å². The van der Waals surface area contributed by atoms with Gasteiger partial charge < -0.3 is 0 Å². The predicted octanol–water partition coefficient (Wildman–Crippen LogP) is 3.64. The first-order valence-electron chi connectivity index (χ1n) is 5.06. The van der Waals surface area contributed by atoms with E-state index in [2.05, 4.69) is 17.6 Å². The normalized spacial score (nSPS) is 10.4. The topological polar surface area (TPSA) is 3.88 Å². The molecule has 82 valence electrons. The Morgan fingerprint density at radius 3 is 2.62 bits per heavy atom. The monoisotopic (exact) mass is 252 g/mol. The number of halogens is 2. The highest BCUT2D eigenvalue weighted by atomic mass is 35.5. The van der Waals surface area contributed by atoms with E-state index < -0.39 is 0 Å². The number of benzene rings is 1. The molecule has 0 atom stereocenters. The number of aromatic nitrogens is 1. The minimum atomic E-state index is 0.670. The smallest absolute Gasteiger partial charge is 0.178 e. The molecule has 0 amide bonds. The largest absolute Gasteiger partial charge is 0.198 e. The van der Waals surface area contributed by atoms with Gasteiger partial charge in [0.05, 0.1) is 5.02 Å². The average molecular weight is 253 g/mol. The fraction of sp³-hybridized carbons (Fsp3) is 0.154. The molecule has 1 heterocycles. The fourth-order valence-electron chi connectivity index (χ4n) is 1.57. The molecule has 2 rings (SSSR count). The summed E-state index contributed by atoms with van der Waals surface area (Å²) in [6.07, 6.45) is 2.04. The molecule has 1 nitrogen and oxygen atoms in total. The Balaban J connectivity index is 2.31. The second-order valence-corrected chi connectivity index (χ2v) is 4.55. The summed E-state index contributed by atoms with van der Waals surface area (Å²) in [4.78, 5) is 0. The van der Waals surface area contributed by atoms with Crippen LogP contribution in [0, 0.1) is 6.92 Å². The molecule has 1 aromatic carbocycles. The number of hydrogen-bond acceptors (Lipinski definition) is 0. The lowest BCUT2D eigenvalue weighted by Gasteiger charge is -2.03. The summed E-state index contributed by atoms with van der Waals surface area (Å²) in [5, 5.41) is 1.38. The molecular formula is C13H12Cl2N+. The van der Waals surface area contributed by atoms with Crippen molar-refractivity contribution in [3.63, 3.8) is 0 Å². The molecule has 0 spiro atoms. The number of nitrogens with zero attached hydrogens (tertiary/aromatic N) is 1. The molecule has 0 saturated carbocycles. The zero-order valence-corrected chi connectivity index (χ0v) is 10.5. The molecule has 0 aliphatic heterocycles. The Morgan fingerprint density at radius 1 is 1.12 bits per heavy atom. The highest BCUT2D eigenvalue weighted by Crippen LogP contribution is 2.20. The van der Waals surface area contributed by atoms with E-state index >= 15 is 0 Å². The van der Waals surface area contributed by atoms with E-state index in [0.717, 1.165) is 12.1 Å². The maximum Gasteiger partial charge on any atom is 0.178 e. The van der Waals surface area contributed by atoms with Gasteiger partial charge >= 0.3 is 0 Å². The zero-order valence-electron chi connectivity index (χ0n) is 8.95. The van der Waals surface area contributed by atoms with E-state index in [1.807, 2.05) is 30.5 Å². The molecule has 0 aliphatic carbocycles. The number of rotatable bonds is 2. The van der Waals surface area contributed by atoms with Gasteiger partial charge in [-0.25, -0.2) is 0 Å². The minimum Gasteiger partial charge on any atom is -0.198 e. The van der Waals surface area contributed by atoms with Gasteiger partial charge in [0.1, 0.15) is 0 Å². The first-order chi connectivity index (χ1) is 7.66. The predicted molar refractivity (Wildman–Crippen MR) is 66.9 cm³/mol. The van der Waals surface area contributed by atoms with Crippen LogP contribution in [0.15, 0.2) is 42.6 Å². The van der Waals surface area contributed by atoms with Crippen LogP contribution in [0.1, 0.15) is 11.3 Å². The lowest BCUT2D eigenvalue weighted by atomic mass is 10.2. The Hall–Kier alpha value is -1.05. The van der Waals surface area contributed by atoms with Crippen molar-refractivity contribution in [2.24, 2.45) is 0 Å². The van der Waals surface area contributed by atoms with Crippen molar-refractivity contribution in [1.29, 1.82) is 0 Å². The van der Waals surface area contributed by atoms with Gasteiger partial charge in [0, 0.05) is 29.6 Å². The van der Waals surface area contributed by atoms with E-state index in [9.17, 15) is 0 Å². The molecule has 0 radical (unpaired) electrons. The molecule has 0 unspecified atom stereocenters. The van der Waals surface area contributed by atoms with Crippen LogP contribution >= 0.6 is 23.2 Å². The molecular weight excluding hydrogens is 241 g/mol. The van der Waals surface area contributed by atoms with Crippen molar-refractivity contribution >= 4 is 23.2 Å². The molecule has 2 aromatic rings. The summed E-state index contributed by atoms with van der Waals surface area (Å²) in [5.74, 6) is 0. The van der Waals surface area contributed by atoms with Crippen LogP contribution in [-0.2, 0) is 6.54 Å². The molecule has 0 saturated heterocycles. The second kappa shape index (κ2) is 4.86. The standard InChI is InChI=1S/C13H12Cl2N/c1-10-4-2-3-7-16(10)9-11-5-6-12(14)8-13(11)15/h2-8H,9H2,1H3/q+1. The molecule has 0 bridgehead atoms. The Bertz CT molecular complexity index is 509. The summed E-state index contributed by atoms with van der Waals surface area (Å²) in [6.45, 7) is 2.84. The van der Waals surface area contributed by atoms with Crippen LogP contribution in [0.4, 0.5) is 0 Å². The van der Waals surface area contributed by atoms with Crippen LogP contribution in [0.3, 0.4) is 0 Å². The van der Waals surface area contributed by atoms with Crippen LogP contribution in [0.5, 0.6) is 0 Å². The van der Waals surface area contributed by atoms with Crippen LogP contribution in [-0.4, -0.2) is 0 Å².